The molecular formula is C43H76NO8P. The average molecular weight is 766 g/mol. The Kier molecular flexibility index (Phi) is 33.9. The number of rotatable bonds is 36. The second-order valence-corrected chi connectivity index (χ2v) is 16.0. The zero-order valence-corrected chi connectivity index (χ0v) is 35.1. The van der Waals surface area contributed by atoms with Gasteiger partial charge in [-0.1, -0.05) is 145 Å². The summed E-state index contributed by atoms with van der Waals surface area (Å²) >= 11 is 0. The summed E-state index contributed by atoms with van der Waals surface area (Å²) in [7, 11) is 1.12. The van der Waals surface area contributed by atoms with E-state index in [2.05, 4.69) is 68.5 Å². The largest absolute Gasteiger partial charge is 0.756 e. The third kappa shape index (κ3) is 39.2. The Morgan fingerprint density at radius 1 is 0.604 bits per heavy atom. The van der Waals surface area contributed by atoms with E-state index >= 15 is 0 Å². The molecule has 0 aliphatic carbocycles. The molecule has 2 unspecified atom stereocenters. The first kappa shape index (κ1) is 50.7. The van der Waals surface area contributed by atoms with Crippen molar-refractivity contribution in [2.24, 2.45) is 0 Å². The van der Waals surface area contributed by atoms with E-state index < -0.39 is 32.5 Å². The Morgan fingerprint density at radius 3 is 1.58 bits per heavy atom. The lowest BCUT2D eigenvalue weighted by Gasteiger charge is -2.28. The molecule has 0 saturated heterocycles. The first-order valence-corrected chi connectivity index (χ1v) is 22.0. The second-order valence-electron chi connectivity index (χ2n) is 14.6. The number of hydrogen-bond acceptors (Lipinski definition) is 8. The van der Waals surface area contributed by atoms with Gasteiger partial charge in [0.2, 0.25) is 0 Å². The molecule has 0 saturated carbocycles. The highest BCUT2D eigenvalue weighted by Gasteiger charge is 2.21. The third-order valence-corrected chi connectivity index (χ3v) is 9.27. The van der Waals surface area contributed by atoms with Gasteiger partial charge in [-0.25, -0.2) is 0 Å². The van der Waals surface area contributed by atoms with Crippen LogP contribution in [0.2, 0.25) is 0 Å². The summed E-state index contributed by atoms with van der Waals surface area (Å²) in [6.07, 6.45) is 41.1. The van der Waals surface area contributed by atoms with Gasteiger partial charge in [0.15, 0.2) is 6.10 Å². The number of nitrogens with zero attached hydrogens (tertiary/aromatic N) is 1. The van der Waals surface area contributed by atoms with Crippen molar-refractivity contribution < 1.29 is 42.1 Å². The van der Waals surface area contributed by atoms with Crippen molar-refractivity contribution in [1.82, 2.24) is 0 Å². The van der Waals surface area contributed by atoms with Crippen LogP contribution < -0.4 is 4.89 Å². The molecule has 0 aliphatic heterocycles. The number of quaternary nitrogens is 1. The van der Waals surface area contributed by atoms with E-state index in [1.54, 1.807) is 0 Å². The first-order chi connectivity index (χ1) is 25.5. The lowest BCUT2D eigenvalue weighted by Crippen LogP contribution is -2.37. The number of phosphoric ester groups is 1. The van der Waals surface area contributed by atoms with E-state index in [4.69, 9.17) is 18.5 Å². The van der Waals surface area contributed by atoms with Crippen molar-refractivity contribution in [3.8, 4) is 0 Å². The minimum atomic E-state index is -4.64. The maximum atomic E-state index is 12.6. The van der Waals surface area contributed by atoms with Gasteiger partial charge in [0.05, 0.1) is 27.7 Å². The highest BCUT2D eigenvalue weighted by Crippen LogP contribution is 2.38. The van der Waals surface area contributed by atoms with E-state index in [-0.39, 0.29) is 26.1 Å². The van der Waals surface area contributed by atoms with Gasteiger partial charge in [-0.3, -0.25) is 14.2 Å². The molecule has 0 N–H and O–H groups in total. The topological polar surface area (TPSA) is 111 Å². The molecule has 0 amide bonds. The molecule has 306 valence electrons. The Bertz CT molecular complexity index is 1090. The fraction of sp³-hybridized carbons (Fsp3) is 0.721. The van der Waals surface area contributed by atoms with Crippen LogP contribution in [-0.2, 0) is 32.7 Å². The van der Waals surface area contributed by atoms with Crippen LogP contribution in [0, 0.1) is 0 Å². The Morgan fingerprint density at radius 2 is 1.08 bits per heavy atom. The molecule has 9 nitrogen and oxygen atoms in total. The van der Waals surface area contributed by atoms with Crippen molar-refractivity contribution in [2.45, 2.75) is 155 Å². The van der Waals surface area contributed by atoms with Crippen LogP contribution in [0.15, 0.2) is 60.8 Å². The fourth-order valence-corrected chi connectivity index (χ4v) is 5.83. The number of phosphoric acid groups is 1. The zero-order chi connectivity index (χ0) is 39.3. The molecule has 0 aliphatic rings. The van der Waals surface area contributed by atoms with Gasteiger partial charge in [-0.05, 0) is 51.4 Å². The Balaban J connectivity index is 4.52. The van der Waals surface area contributed by atoms with Crippen molar-refractivity contribution >= 4 is 19.8 Å². The normalized spacial score (nSPS) is 14.3. The number of allylic oxidation sites excluding steroid dienone is 10. The first-order valence-electron chi connectivity index (χ1n) is 20.5. The number of carbonyl (C=O) groups is 2. The minimum Gasteiger partial charge on any atom is -0.756 e. The van der Waals surface area contributed by atoms with Crippen LogP contribution >= 0.6 is 7.82 Å². The van der Waals surface area contributed by atoms with E-state index in [0.717, 1.165) is 51.4 Å². The third-order valence-electron chi connectivity index (χ3n) is 8.30. The molecule has 0 spiro atoms. The van der Waals surface area contributed by atoms with E-state index in [9.17, 15) is 19.0 Å². The molecule has 53 heavy (non-hydrogen) atoms. The summed E-state index contributed by atoms with van der Waals surface area (Å²) in [4.78, 5) is 37.4. The van der Waals surface area contributed by atoms with Crippen molar-refractivity contribution in [3.05, 3.63) is 60.8 Å². The zero-order valence-electron chi connectivity index (χ0n) is 34.2. The van der Waals surface area contributed by atoms with Gasteiger partial charge in [-0.15, -0.1) is 0 Å². The van der Waals surface area contributed by atoms with Crippen molar-refractivity contribution in [2.75, 3.05) is 47.5 Å². The van der Waals surface area contributed by atoms with Gasteiger partial charge < -0.3 is 27.9 Å². The highest BCUT2D eigenvalue weighted by atomic mass is 31.2. The van der Waals surface area contributed by atoms with E-state index in [1.807, 2.05) is 27.2 Å². The second kappa shape index (κ2) is 35.4. The van der Waals surface area contributed by atoms with Crippen LogP contribution in [0.1, 0.15) is 149 Å². The summed E-state index contributed by atoms with van der Waals surface area (Å²) in [5.74, 6) is -0.907. The molecule has 0 radical (unpaired) electrons. The fourth-order valence-electron chi connectivity index (χ4n) is 5.10. The molecule has 0 aromatic rings. The standard InChI is InChI=1S/C43H76NO8P/c1-6-8-10-12-14-16-18-20-21-22-23-24-26-28-30-32-34-36-43(46)52-41(40-51-53(47,48)50-38-37-44(3,4)5)39-49-42(45)35-33-31-29-27-25-19-17-15-13-11-9-7-2/h8,10,14,16,20-21,23-24,28,30,41H,6-7,9,11-13,15,17-19,22,25-27,29,31-40H2,1-5H3/b10-8-,16-14-,21-20-,24-23-,30-28-. The van der Waals surface area contributed by atoms with E-state index in [0.29, 0.717) is 23.9 Å². The summed E-state index contributed by atoms with van der Waals surface area (Å²) in [5.41, 5.74) is 0. The quantitative estimate of drug-likeness (QED) is 0.0204. The number of ether oxygens (including phenoxy) is 2. The van der Waals surface area contributed by atoms with Crippen LogP contribution in [0.3, 0.4) is 0 Å². The smallest absolute Gasteiger partial charge is 0.306 e. The maximum absolute atomic E-state index is 12.6. The van der Waals surface area contributed by atoms with Crippen LogP contribution in [-0.4, -0.2) is 70.0 Å². The Hall–Kier alpha value is -2.29. The monoisotopic (exact) mass is 766 g/mol. The summed E-state index contributed by atoms with van der Waals surface area (Å²) in [6, 6.07) is 0. The molecule has 2 atom stereocenters. The molecule has 0 fully saturated rings. The van der Waals surface area contributed by atoms with Gasteiger partial charge >= 0.3 is 11.9 Å². The number of esters is 2. The number of carbonyl (C=O) groups excluding carboxylic acids is 2. The average Bonchev–Trinajstić information content (AvgIpc) is 3.10. The molecule has 0 aromatic heterocycles. The van der Waals surface area contributed by atoms with E-state index in [1.165, 1.54) is 57.8 Å². The molecule has 0 rings (SSSR count). The summed E-state index contributed by atoms with van der Waals surface area (Å²) in [6.45, 7) is 4.02. The van der Waals surface area contributed by atoms with Crippen LogP contribution in [0.4, 0.5) is 0 Å². The van der Waals surface area contributed by atoms with Gasteiger partial charge in [0.1, 0.15) is 19.8 Å². The SMILES string of the molecule is CC/C=C\C/C=C\C/C=C\C/C=C\C/C=C\CCCC(=O)OC(COC(=O)CCCCCCCCCCCCCC)COP(=O)([O-])OCC[N+](C)(C)C. The van der Waals surface area contributed by atoms with Gasteiger partial charge in [0, 0.05) is 12.8 Å². The van der Waals surface area contributed by atoms with Crippen molar-refractivity contribution in [3.63, 3.8) is 0 Å². The van der Waals surface area contributed by atoms with Crippen LogP contribution in [0.25, 0.3) is 0 Å². The lowest BCUT2D eigenvalue weighted by molar-refractivity contribution is -0.870. The molecule has 0 bridgehead atoms. The predicted molar refractivity (Wildman–Crippen MR) is 217 cm³/mol. The lowest BCUT2D eigenvalue weighted by atomic mass is 10.0. The number of unbranched alkanes of at least 4 members (excludes halogenated alkanes) is 12. The van der Waals surface area contributed by atoms with Crippen molar-refractivity contribution in [1.29, 1.82) is 0 Å². The molecular weight excluding hydrogens is 689 g/mol. The summed E-state index contributed by atoms with van der Waals surface area (Å²) < 4.78 is 33.7. The highest BCUT2D eigenvalue weighted by molar-refractivity contribution is 7.45. The number of hydrogen-bond donors (Lipinski definition) is 0. The molecule has 0 aromatic carbocycles. The van der Waals surface area contributed by atoms with Crippen LogP contribution in [0.5, 0.6) is 0 Å². The Labute approximate surface area is 324 Å². The summed E-state index contributed by atoms with van der Waals surface area (Å²) in [5, 5.41) is 0. The maximum Gasteiger partial charge on any atom is 0.306 e. The molecule has 10 heteroatoms. The van der Waals surface area contributed by atoms with Gasteiger partial charge in [-0.2, -0.15) is 0 Å². The predicted octanol–water partition coefficient (Wildman–Crippen LogP) is 10.7. The number of likely N-dealkylation sites (N-methyl/N-ethyl adjacent to an activating group) is 1. The van der Waals surface area contributed by atoms with Gasteiger partial charge in [0.25, 0.3) is 7.82 Å². The molecule has 0 heterocycles. The minimum absolute atomic E-state index is 0.0431.